The van der Waals surface area contributed by atoms with E-state index in [9.17, 15) is 4.79 Å². The Hall–Kier alpha value is -1.35. The van der Waals surface area contributed by atoms with Gasteiger partial charge in [0.25, 0.3) is 0 Å². The van der Waals surface area contributed by atoms with Gasteiger partial charge in [-0.3, -0.25) is 4.79 Å². The first-order chi connectivity index (χ1) is 7.92. The Kier molecular flexibility index (Phi) is 4.70. The summed E-state index contributed by atoms with van der Waals surface area (Å²) in [6.07, 6.45) is 0.332. The van der Waals surface area contributed by atoms with Crippen LogP contribution in [0.5, 0.6) is 0 Å². The highest BCUT2D eigenvalue weighted by Crippen LogP contribution is 2.11. The molecule has 0 atom stereocenters. The zero-order chi connectivity index (χ0) is 12.9. The second-order valence-electron chi connectivity index (χ2n) is 5.13. The third kappa shape index (κ3) is 5.00. The van der Waals surface area contributed by atoms with Gasteiger partial charge in [-0.15, -0.1) is 0 Å². The van der Waals surface area contributed by atoms with Gasteiger partial charge in [0.2, 0.25) is 0 Å². The summed E-state index contributed by atoms with van der Waals surface area (Å²) in [7, 11) is 1.42. The van der Waals surface area contributed by atoms with Crippen LogP contribution in [0.1, 0.15) is 31.9 Å². The van der Waals surface area contributed by atoms with Crippen molar-refractivity contribution >= 4 is 5.97 Å². The topological polar surface area (TPSA) is 38.3 Å². The van der Waals surface area contributed by atoms with Crippen molar-refractivity contribution in [3.8, 4) is 0 Å². The Labute approximate surface area is 103 Å². The minimum atomic E-state index is -0.201. The lowest BCUT2D eigenvalue weighted by Crippen LogP contribution is -2.35. The molecule has 0 spiro atoms. The number of nitrogens with one attached hydrogen (secondary N) is 1. The molecule has 0 fully saturated rings. The van der Waals surface area contributed by atoms with Gasteiger partial charge in [0.15, 0.2) is 0 Å². The van der Waals surface area contributed by atoms with Gasteiger partial charge in [-0.1, -0.05) is 24.3 Å². The summed E-state index contributed by atoms with van der Waals surface area (Å²) in [6.45, 7) is 7.12. The van der Waals surface area contributed by atoms with Crippen molar-refractivity contribution in [3.63, 3.8) is 0 Å². The van der Waals surface area contributed by atoms with E-state index in [1.165, 1.54) is 7.11 Å². The molecule has 0 bridgehead atoms. The molecule has 0 heterocycles. The number of ether oxygens (including phenoxy) is 1. The van der Waals surface area contributed by atoms with Gasteiger partial charge in [-0.05, 0) is 31.9 Å². The number of benzene rings is 1. The summed E-state index contributed by atoms with van der Waals surface area (Å²) >= 11 is 0. The molecule has 0 aliphatic carbocycles. The predicted octanol–water partition coefficient (Wildman–Crippen LogP) is 2.29. The van der Waals surface area contributed by atoms with Crippen LogP contribution in [0.2, 0.25) is 0 Å². The van der Waals surface area contributed by atoms with Crippen LogP contribution in [0.25, 0.3) is 0 Å². The molecule has 1 aromatic rings. The van der Waals surface area contributed by atoms with Crippen LogP contribution < -0.4 is 5.32 Å². The number of carbonyl (C=O) groups excluding carboxylic acids is 1. The first-order valence-electron chi connectivity index (χ1n) is 5.81. The number of rotatable bonds is 4. The number of esters is 1. The zero-order valence-corrected chi connectivity index (χ0v) is 11.0. The molecule has 0 aliphatic rings. The van der Waals surface area contributed by atoms with Gasteiger partial charge in [-0.25, -0.2) is 0 Å². The molecule has 0 unspecified atom stereocenters. The fourth-order valence-electron chi connectivity index (χ4n) is 1.49. The molecule has 3 nitrogen and oxygen atoms in total. The van der Waals surface area contributed by atoms with E-state index in [-0.39, 0.29) is 11.5 Å². The first kappa shape index (κ1) is 13.7. The van der Waals surface area contributed by atoms with Gasteiger partial charge in [0.05, 0.1) is 13.5 Å². The number of hydrogen-bond acceptors (Lipinski definition) is 3. The lowest BCUT2D eigenvalue weighted by atomic mass is 10.0. The quantitative estimate of drug-likeness (QED) is 0.814. The first-order valence-corrected chi connectivity index (χ1v) is 5.81. The lowest BCUT2D eigenvalue weighted by molar-refractivity contribution is -0.139. The van der Waals surface area contributed by atoms with E-state index in [0.717, 1.165) is 17.7 Å². The summed E-state index contributed by atoms with van der Waals surface area (Å²) in [5.74, 6) is -0.201. The van der Waals surface area contributed by atoms with Crippen LogP contribution in [0.15, 0.2) is 24.3 Å². The molecule has 3 heteroatoms. The highest BCUT2D eigenvalue weighted by molar-refractivity contribution is 5.72. The lowest BCUT2D eigenvalue weighted by Gasteiger charge is -2.21. The van der Waals surface area contributed by atoms with Crippen molar-refractivity contribution < 1.29 is 9.53 Å². The van der Waals surface area contributed by atoms with Crippen LogP contribution in [0.3, 0.4) is 0 Å². The summed E-state index contributed by atoms with van der Waals surface area (Å²) in [4.78, 5) is 11.3. The maximum absolute atomic E-state index is 11.3. The fourth-order valence-corrected chi connectivity index (χ4v) is 1.49. The molecule has 0 saturated carbocycles. The van der Waals surface area contributed by atoms with Crippen molar-refractivity contribution in [1.82, 2.24) is 5.32 Å². The fraction of sp³-hybridized carbons (Fsp3) is 0.500. The normalized spacial score (nSPS) is 11.3. The van der Waals surface area contributed by atoms with Gasteiger partial charge in [0, 0.05) is 12.1 Å². The number of hydrogen-bond donors (Lipinski definition) is 1. The van der Waals surface area contributed by atoms with Crippen LogP contribution >= 0.6 is 0 Å². The molecular formula is C14H21NO2. The Bertz CT molecular complexity index is 380. The second kappa shape index (κ2) is 5.82. The molecule has 0 saturated heterocycles. The summed E-state index contributed by atoms with van der Waals surface area (Å²) in [5.41, 5.74) is 2.24. The van der Waals surface area contributed by atoms with E-state index >= 15 is 0 Å². The van der Waals surface area contributed by atoms with Crippen molar-refractivity contribution in [1.29, 1.82) is 0 Å². The second-order valence-corrected chi connectivity index (χ2v) is 5.13. The van der Waals surface area contributed by atoms with Crippen LogP contribution in [-0.4, -0.2) is 18.6 Å². The predicted molar refractivity (Wildman–Crippen MR) is 68.8 cm³/mol. The summed E-state index contributed by atoms with van der Waals surface area (Å²) in [5, 5.41) is 3.42. The maximum Gasteiger partial charge on any atom is 0.309 e. The number of methoxy groups -OCH3 is 1. The SMILES string of the molecule is COC(=O)Cc1ccccc1CNC(C)(C)C. The highest BCUT2D eigenvalue weighted by Gasteiger charge is 2.11. The molecule has 0 amide bonds. The minimum absolute atomic E-state index is 0.0678. The van der Waals surface area contributed by atoms with E-state index in [2.05, 4.69) is 26.1 Å². The summed E-state index contributed by atoms with van der Waals surface area (Å²) < 4.78 is 4.70. The van der Waals surface area contributed by atoms with Gasteiger partial charge in [-0.2, -0.15) is 0 Å². The van der Waals surface area contributed by atoms with Gasteiger partial charge in [0.1, 0.15) is 0 Å². The van der Waals surface area contributed by atoms with Crippen molar-refractivity contribution in [2.24, 2.45) is 0 Å². The largest absolute Gasteiger partial charge is 0.469 e. The van der Waals surface area contributed by atoms with Crippen LogP contribution in [0, 0.1) is 0 Å². The Morgan fingerprint density at radius 1 is 1.24 bits per heavy atom. The molecule has 1 N–H and O–H groups in total. The Morgan fingerprint density at radius 2 is 1.82 bits per heavy atom. The van der Waals surface area contributed by atoms with Crippen molar-refractivity contribution in [3.05, 3.63) is 35.4 Å². The zero-order valence-electron chi connectivity index (χ0n) is 11.0. The van der Waals surface area contributed by atoms with Crippen molar-refractivity contribution in [2.45, 2.75) is 39.3 Å². The molecular weight excluding hydrogens is 214 g/mol. The highest BCUT2D eigenvalue weighted by atomic mass is 16.5. The van der Waals surface area contributed by atoms with E-state index < -0.39 is 0 Å². The Morgan fingerprint density at radius 3 is 2.35 bits per heavy atom. The smallest absolute Gasteiger partial charge is 0.309 e. The third-order valence-electron chi connectivity index (χ3n) is 2.49. The summed E-state index contributed by atoms with van der Waals surface area (Å²) in [6, 6.07) is 7.94. The van der Waals surface area contributed by atoms with Crippen molar-refractivity contribution in [2.75, 3.05) is 7.11 Å². The van der Waals surface area contributed by atoms with Gasteiger partial charge >= 0.3 is 5.97 Å². The molecule has 0 aromatic heterocycles. The van der Waals surface area contributed by atoms with Gasteiger partial charge < -0.3 is 10.1 Å². The monoisotopic (exact) mass is 235 g/mol. The molecule has 1 rings (SSSR count). The molecule has 0 aliphatic heterocycles. The minimum Gasteiger partial charge on any atom is -0.469 e. The van der Waals surface area contributed by atoms with E-state index in [4.69, 9.17) is 4.74 Å². The molecule has 1 aromatic carbocycles. The average molecular weight is 235 g/mol. The molecule has 0 radical (unpaired) electrons. The van der Waals surface area contributed by atoms with E-state index in [1.807, 2.05) is 24.3 Å². The Balaban J connectivity index is 2.74. The maximum atomic E-state index is 11.3. The van der Waals surface area contributed by atoms with Crippen LogP contribution in [0.4, 0.5) is 0 Å². The molecule has 17 heavy (non-hydrogen) atoms. The standard InChI is InChI=1S/C14H21NO2/c1-14(2,3)15-10-12-8-6-5-7-11(12)9-13(16)17-4/h5-8,15H,9-10H2,1-4H3. The molecule has 94 valence electrons. The number of carbonyl (C=O) groups is 1. The van der Waals surface area contributed by atoms with E-state index in [0.29, 0.717) is 6.42 Å². The van der Waals surface area contributed by atoms with Crippen LogP contribution in [-0.2, 0) is 22.5 Å². The average Bonchev–Trinajstić information content (AvgIpc) is 2.26. The van der Waals surface area contributed by atoms with E-state index in [1.54, 1.807) is 0 Å². The third-order valence-corrected chi connectivity index (χ3v) is 2.49.